The lowest BCUT2D eigenvalue weighted by molar-refractivity contribution is 1.32. The average molecular weight is 434 g/mol. The normalized spacial score (nSPS) is 11.5. The van der Waals surface area contributed by atoms with Crippen molar-refractivity contribution in [2.24, 2.45) is 0 Å². The number of hydrogen-bond acceptors (Lipinski definition) is 3. The minimum Gasteiger partial charge on any atom is -0.264 e. The van der Waals surface area contributed by atoms with Gasteiger partial charge in [-0.1, -0.05) is 54.6 Å². The molecule has 4 aromatic carbocycles. The van der Waals surface area contributed by atoms with Gasteiger partial charge in [-0.25, -0.2) is 0 Å². The van der Waals surface area contributed by atoms with Crippen LogP contribution in [0, 0.1) is 0 Å². The van der Waals surface area contributed by atoms with Crippen LogP contribution in [-0.4, -0.2) is 15.0 Å². The van der Waals surface area contributed by atoms with Crippen molar-refractivity contribution in [2.75, 3.05) is 0 Å². The summed E-state index contributed by atoms with van der Waals surface area (Å²) in [5.74, 6) is 0. The van der Waals surface area contributed by atoms with Gasteiger partial charge in [0.1, 0.15) is 0 Å². The quantitative estimate of drug-likeness (QED) is 0.267. The molecular formula is C31H19N3. The Bertz CT molecular complexity index is 1720. The molecule has 0 atom stereocenters. The van der Waals surface area contributed by atoms with Crippen LogP contribution in [0.2, 0.25) is 0 Å². The molecule has 158 valence electrons. The first-order valence-electron chi connectivity index (χ1n) is 11.4. The van der Waals surface area contributed by atoms with Crippen LogP contribution in [0.15, 0.2) is 116 Å². The molecule has 3 nitrogen and oxygen atoms in total. The van der Waals surface area contributed by atoms with Crippen LogP contribution in [0.3, 0.4) is 0 Å². The lowest BCUT2D eigenvalue weighted by Gasteiger charge is -2.18. The average Bonchev–Trinajstić information content (AvgIpc) is 2.92. The minimum absolute atomic E-state index is 0.963. The Balaban J connectivity index is 1.67. The fourth-order valence-electron chi connectivity index (χ4n) is 5.14. The fraction of sp³-hybridized carbons (Fsp3) is 0. The van der Waals surface area contributed by atoms with Gasteiger partial charge in [0.05, 0.1) is 11.4 Å². The lowest BCUT2D eigenvalue weighted by Crippen LogP contribution is -1.94. The Morgan fingerprint density at radius 1 is 0.471 bits per heavy atom. The molecule has 0 bridgehead atoms. The Morgan fingerprint density at radius 2 is 1.12 bits per heavy atom. The van der Waals surface area contributed by atoms with Gasteiger partial charge in [0.15, 0.2) is 0 Å². The molecule has 0 fully saturated rings. The second-order valence-corrected chi connectivity index (χ2v) is 8.50. The highest BCUT2D eigenvalue weighted by Gasteiger charge is 2.18. The van der Waals surface area contributed by atoms with Crippen molar-refractivity contribution < 1.29 is 0 Å². The van der Waals surface area contributed by atoms with Crippen molar-refractivity contribution in [1.82, 2.24) is 15.0 Å². The van der Waals surface area contributed by atoms with E-state index in [0.717, 1.165) is 28.1 Å². The highest BCUT2D eigenvalue weighted by atomic mass is 14.7. The zero-order valence-electron chi connectivity index (χ0n) is 18.3. The van der Waals surface area contributed by atoms with Crippen molar-refractivity contribution in [3.63, 3.8) is 0 Å². The minimum atomic E-state index is 0.963. The molecule has 3 heteroatoms. The SMILES string of the molecule is c1ccc(-c2cc(-c3ccccn3)c3ccc4c(-c5cccnc5)ccc5ccc2c3c54)nc1. The van der Waals surface area contributed by atoms with Gasteiger partial charge in [0.2, 0.25) is 0 Å². The highest BCUT2D eigenvalue weighted by molar-refractivity contribution is 6.29. The molecule has 0 spiro atoms. The first-order chi connectivity index (χ1) is 16.9. The summed E-state index contributed by atoms with van der Waals surface area (Å²) >= 11 is 0. The van der Waals surface area contributed by atoms with Crippen LogP contribution in [0.4, 0.5) is 0 Å². The van der Waals surface area contributed by atoms with Crippen molar-refractivity contribution in [3.05, 3.63) is 116 Å². The maximum atomic E-state index is 4.70. The molecule has 7 aromatic rings. The molecule has 3 aromatic heterocycles. The lowest BCUT2D eigenvalue weighted by atomic mass is 9.85. The Kier molecular flexibility index (Phi) is 4.15. The van der Waals surface area contributed by atoms with Crippen molar-refractivity contribution in [2.45, 2.75) is 0 Å². The molecular weight excluding hydrogens is 414 g/mol. The van der Waals surface area contributed by atoms with Crippen molar-refractivity contribution in [3.8, 4) is 33.6 Å². The number of pyridine rings is 3. The van der Waals surface area contributed by atoms with E-state index in [4.69, 9.17) is 9.97 Å². The largest absolute Gasteiger partial charge is 0.264 e. The molecule has 0 aliphatic carbocycles. The summed E-state index contributed by atoms with van der Waals surface area (Å²) in [6.07, 6.45) is 7.46. The van der Waals surface area contributed by atoms with E-state index in [1.807, 2.05) is 55.1 Å². The predicted octanol–water partition coefficient (Wildman–Crippen LogP) is 7.77. The second kappa shape index (κ2) is 7.46. The number of benzene rings is 4. The first kappa shape index (κ1) is 18.9. The molecule has 0 N–H and O–H groups in total. The third-order valence-corrected chi connectivity index (χ3v) is 6.64. The van der Waals surface area contributed by atoms with E-state index in [-0.39, 0.29) is 0 Å². The van der Waals surface area contributed by atoms with Crippen LogP contribution in [0.5, 0.6) is 0 Å². The number of aromatic nitrogens is 3. The third kappa shape index (κ3) is 2.81. The summed E-state index contributed by atoms with van der Waals surface area (Å²) in [7, 11) is 0. The smallest absolute Gasteiger partial charge is 0.0708 e. The van der Waals surface area contributed by atoms with Crippen molar-refractivity contribution >= 4 is 32.3 Å². The summed E-state index contributed by atoms with van der Waals surface area (Å²) in [5, 5.41) is 7.39. The van der Waals surface area contributed by atoms with Crippen LogP contribution < -0.4 is 0 Å². The molecule has 0 aliphatic heterocycles. The van der Waals surface area contributed by atoms with Crippen LogP contribution >= 0.6 is 0 Å². The molecule has 0 saturated carbocycles. The van der Waals surface area contributed by atoms with Crippen LogP contribution in [0.1, 0.15) is 0 Å². The maximum absolute atomic E-state index is 4.70. The Labute approximate surface area is 196 Å². The maximum Gasteiger partial charge on any atom is 0.0708 e. The molecule has 0 amide bonds. The highest BCUT2D eigenvalue weighted by Crippen LogP contribution is 2.45. The van der Waals surface area contributed by atoms with Gasteiger partial charge in [-0.05, 0) is 74.3 Å². The summed E-state index contributed by atoms with van der Waals surface area (Å²) in [4.78, 5) is 13.8. The zero-order chi connectivity index (χ0) is 22.5. The molecule has 0 unspecified atom stereocenters. The zero-order valence-corrected chi connectivity index (χ0v) is 18.3. The van der Waals surface area contributed by atoms with E-state index < -0.39 is 0 Å². The van der Waals surface area contributed by atoms with Gasteiger partial charge in [-0.2, -0.15) is 0 Å². The molecule has 7 rings (SSSR count). The molecule has 0 saturated heterocycles. The van der Waals surface area contributed by atoms with E-state index in [1.54, 1.807) is 0 Å². The second-order valence-electron chi connectivity index (χ2n) is 8.50. The summed E-state index contributed by atoms with van der Waals surface area (Å²) in [5.41, 5.74) is 6.48. The van der Waals surface area contributed by atoms with Gasteiger partial charge in [0.25, 0.3) is 0 Å². The monoisotopic (exact) mass is 433 g/mol. The summed E-state index contributed by atoms with van der Waals surface area (Å²) in [6, 6.07) is 31.9. The number of rotatable bonds is 3. The Morgan fingerprint density at radius 3 is 1.74 bits per heavy atom. The van der Waals surface area contributed by atoms with Gasteiger partial charge in [-0.3, -0.25) is 15.0 Å². The predicted molar refractivity (Wildman–Crippen MR) is 140 cm³/mol. The van der Waals surface area contributed by atoms with Crippen molar-refractivity contribution in [1.29, 1.82) is 0 Å². The number of nitrogens with zero attached hydrogens (tertiary/aromatic N) is 3. The summed E-state index contributed by atoms with van der Waals surface area (Å²) in [6.45, 7) is 0. The topological polar surface area (TPSA) is 38.7 Å². The molecule has 34 heavy (non-hydrogen) atoms. The van der Waals surface area contributed by atoms with E-state index >= 15 is 0 Å². The van der Waals surface area contributed by atoms with Gasteiger partial charge < -0.3 is 0 Å². The molecule has 0 radical (unpaired) electrons. The molecule has 3 heterocycles. The third-order valence-electron chi connectivity index (χ3n) is 6.64. The van der Waals surface area contributed by atoms with E-state index in [2.05, 4.69) is 65.6 Å². The van der Waals surface area contributed by atoms with E-state index in [1.165, 1.54) is 37.9 Å². The first-order valence-corrected chi connectivity index (χ1v) is 11.4. The van der Waals surface area contributed by atoms with Gasteiger partial charge >= 0.3 is 0 Å². The van der Waals surface area contributed by atoms with Crippen LogP contribution in [0.25, 0.3) is 66.0 Å². The molecule has 0 aliphatic rings. The summed E-state index contributed by atoms with van der Waals surface area (Å²) < 4.78 is 0. The Hall–Kier alpha value is -4.63. The van der Waals surface area contributed by atoms with Gasteiger partial charge in [0, 0.05) is 41.5 Å². The number of hydrogen-bond donors (Lipinski definition) is 0. The fourth-order valence-corrected chi connectivity index (χ4v) is 5.14. The van der Waals surface area contributed by atoms with E-state index in [0.29, 0.717) is 0 Å². The van der Waals surface area contributed by atoms with Crippen LogP contribution in [-0.2, 0) is 0 Å². The van der Waals surface area contributed by atoms with E-state index in [9.17, 15) is 0 Å². The standard InChI is InChI=1S/C31H19N3/c1-3-16-33-28(7-1)26-18-27(29-8-2-4-17-34-29)25-14-13-23-22(21-6-5-15-32-19-21)11-9-20-10-12-24(26)31(25)30(20)23/h1-19H. The van der Waals surface area contributed by atoms with Gasteiger partial charge in [-0.15, -0.1) is 0 Å².